The lowest BCUT2D eigenvalue weighted by molar-refractivity contribution is -0.136. The lowest BCUT2D eigenvalue weighted by Crippen LogP contribution is -2.48. The minimum absolute atomic E-state index is 0.0339. The summed E-state index contributed by atoms with van der Waals surface area (Å²) < 4.78 is 0. The molecule has 1 saturated heterocycles. The van der Waals surface area contributed by atoms with Crippen molar-refractivity contribution in [2.75, 3.05) is 33.2 Å². The van der Waals surface area contributed by atoms with Crippen LogP contribution in [0.4, 0.5) is 0 Å². The Labute approximate surface area is 133 Å². The van der Waals surface area contributed by atoms with Gasteiger partial charge < -0.3 is 15.5 Å². The van der Waals surface area contributed by atoms with Crippen LogP contribution < -0.4 is 5.73 Å². The second-order valence-corrected chi connectivity index (χ2v) is 7.09. The molecule has 120 valence electrons. The SMILES string of the molecule is CC(Cc1cccc(C2(N)CC2)c1)C(=O)N1CCN(C)CC1. The first-order valence-electron chi connectivity index (χ1n) is 8.33. The molecule has 1 amide bonds. The summed E-state index contributed by atoms with van der Waals surface area (Å²) in [6, 6.07) is 8.50. The van der Waals surface area contributed by atoms with Gasteiger partial charge in [-0.05, 0) is 37.4 Å². The highest BCUT2D eigenvalue weighted by molar-refractivity contribution is 5.79. The Kier molecular flexibility index (Phi) is 4.24. The number of benzene rings is 1. The molecule has 0 spiro atoms. The molecule has 3 rings (SSSR count). The second-order valence-electron chi connectivity index (χ2n) is 7.09. The minimum atomic E-state index is -0.0965. The summed E-state index contributed by atoms with van der Waals surface area (Å²) >= 11 is 0. The van der Waals surface area contributed by atoms with E-state index in [0.29, 0.717) is 0 Å². The van der Waals surface area contributed by atoms with E-state index in [0.717, 1.165) is 45.4 Å². The van der Waals surface area contributed by atoms with Crippen molar-refractivity contribution in [2.45, 2.75) is 31.7 Å². The van der Waals surface area contributed by atoms with Crippen LogP contribution in [0.15, 0.2) is 24.3 Å². The summed E-state index contributed by atoms with van der Waals surface area (Å²) in [5.74, 6) is 0.318. The summed E-state index contributed by atoms with van der Waals surface area (Å²) in [5, 5.41) is 0. The van der Waals surface area contributed by atoms with Gasteiger partial charge in [0.05, 0.1) is 0 Å². The molecule has 2 fully saturated rings. The zero-order valence-corrected chi connectivity index (χ0v) is 13.7. The van der Waals surface area contributed by atoms with Crippen LogP contribution in [0.25, 0.3) is 0 Å². The summed E-state index contributed by atoms with van der Waals surface area (Å²) in [6.07, 6.45) is 2.95. The van der Waals surface area contributed by atoms with Crippen LogP contribution in [0.3, 0.4) is 0 Å². The number of nitrogens with two attached hydrogens (primary N) is 1. The molecular weight excluding hydrogens is 274 g/mol. The molecular formula is C18H27N3O. The summed E-state index contributed by atoms with van der Waals surface area (Å²) in [5.41, 5.74) is 8.63. The van der Waals surface area contributed by atoms with E-state index in [2.05, 4.69) is 36.2 Å². The lowest BCUT2D eigenvalue weighted by Gasteiger charge is -2.34. The number of carbonyl (C=O) groups excluding carboxylic acids is 1. The molecule has 22 heavy (non-hydrogen) atoms. The van der Waals surface area contributed by atoms with Gasteiger partial charge in [-0.15, -0.1) is 0 Å². The van der Waals surface area contributed by atoms with Crippen molar-refractivity contribution in [1.82, 2.24) is 9.80 Å². The van der Waals surface area contributed by atoms with Crippen molar-refractivity contribution in [2.24, 2.45) is 11.7 Å². The first-order valence-corrected chi connectivity index (χ1v) is 8.33. The number of piperazine rings is 1. The maximum Gasteiger partial charge on any atom is 0.225 e. The quantitative estimate of drug-likeness (QED) is 0.919. The molecule has 0 bridgehead atoms. The molecule has 1 heterocycles. The Morgan fingerprint density at radius 1 is 1.27 bits per heavy atom. The molecule has 1 unspecified atom stereocenters. The molecule has 1 atom stereocenters. The highest BCUT2D eigenvalue weighted by atomic mass is 16.2. The molecule has 1 saturated carbocycles. The van der Waals surface area contributed by atoms with Gasteiger partial charge >= 0.3 is 0 Å². The molecule has 0 aromatic heterocycles. The predicted molar refractivity (Wildman–Crippen MR) is 88.5 cm³/mol. The van der Waals surface area contributed by atoms with Crippen molar-refractivity contribution in [3.8, 4) is 0 Å². The zero-order chi connectivity index (χ0) is 15.7. The van der Waals surface area contributed by atoms with E-state index < -0.39 is 0 Å². The first-order chi connectivity index (χ1) is 10.5. The van der Waals surface area contributed by atoms with Gasteiger partial charge in [-0.2, -0.15) is 0 Å². The standard InChI is InChI=1S/C18H27N3O/c1-14(17(22)21-10-8-20(2)9-11-21)12-15-4-3-5-16(13-15)18(19)6-7-18/h3-5,13-14H,6-12,19H2,1-2H3. The molecule has 1 aliphatic heterocycles. The Balaban J connectivity index is 1.61. The van der Waals surface area contributed by atoms with Crippen LogP contribution in [0.5, 0.6) is 0 Å². The van der Waals surface area contributed by atoms with E-state index in [-0.39, 0.29) is 17.4 Å². The van der Waals surface area contributed by atoms with Crippen molar-refractivity contribution in [3.63, 3.8) is 0 Å². The Morgan fingerprint density at radius 3 is 2.59 bits per heavy atom. The topological polar surface area (TPSA) is 49.6 Å². The van der Waals surface area contributed by atoms with Gasteiger partial charge in [0.25, 0.3) is 0 Å². The summed E-state index contributed by atoms with van der Waals surface area (Å²) in [4.78, 5) is 16.9. The van der Waals surface area contributed by atoms with Gasteiger partial charge in [0, 0.05) is 37.6 Å². The van der Waals surface area contributed by atoms with E-state index in [1.165, 1.54) is 11.1 Å². The number of likely N-dealkylation sites (N-methyl/N-ethyl adjacent to an activating group) is 1. The van der Waals surface area contributed by atoms with E-state index in [1.807, 2.05) is 11.8 Å². The first kappa shape index (κ1) is 15.5. The molecule has 2 aliphatic rings. The van der Waals surface area contributed by atoms with Crippen LogP contribution in [-0.2, 0) is 16.8 Å². The van der Waals surface area contributed by atoms with Gasteiger partial charge in [0.2, 0.25) is 5.91 Å². The minimum Gasteiger partial charge on any atom is -0.340 e. The normalized spacial score (nSPS) is 22.4. The van der Waals surface area contributed by atoms with Crippen molar-refractivity contribution >= 4 is 5.91 Å². The van der Waals surface area contributed by atoms with Gasteiger partial charge in [-0.1, -0.05) is 31.2 Å². The molecule has 0 radical (unpaired) electrons. The maximum atomic E-state index is 12.6. The van der Waals surface area contributed by atoms with Crippen LogP contribution in [0.1, 0.15) is 30.9 Å². The van der Waals surface area contributed by atoms with Gasteiger partial charge in [-0.25, -0.2) is 0 Å². The Hall–Kier alpha value is -1.39. The van der Waals surface area contributed by atoms with E-state index >= 15 is 0 Å². The van der Waals surface area contributed by atoms with Crippen LogP contribution in [-0.4, -0.2) is 48.9 Å². The Bertz CT molecular complexity index is 545. The molecule has 2 N–H and O–H groups in total. The number of hydrogen-bond acceptors (Lipinski definition) is 3. The van der Waals surface area contributed by atoms with Crippen molar-refractivity contribution in [3.05, 3.63) is 35.4 Å². The molecule has 4 heteroatoms. The number of carbonyl (C=O) groups is 1. The van der Waals surface area contributed by atoms with Crippen LogP contribution in [0.2, 0.25) is 0 Å². The fraction of sp³-hybridized carbons (Fsp3) is 0.611. The molecule has 1 aromatic rings. The smallest absolute Gasteiger partial charge is 0.225 e. The predicted octanol–water partition coefficient (Wildman–Crippen LogP) is 1.59. The zero-order valence-electron chi connectivity index (χ0n) is 13.7. The van der Waals surface area contributed by atoms with E-state index in [1.54, 1.807) is 0 Å². The van der Waals surface area contributed by atoms with Crippen LogP contribution >= 0.6 is 0 Å². The number of amides is 1. The van der Waals surface area contributed by atoms with Crippen molar-refractivity contribution in [1.29, 1.82) is 0 Å². The Morgan fingerprint density at radius 2 is 1.95 bits per heavy atom. The molecule has 4 nitrogen and oxygen atoms in total. The van der Waals surface area contributed by atoms with Crippen LogP contribution in [0, 0.1) is 5.92 Å². The average molecular weight is 301 g/mol. The van der Waals surface area contributed by atoms with E-state index in [9.17, 15) is 4.79 Å². The molecule has 1 aromatic carbocycles. The fourth-order valence-electron chi connectivity index (χ4n) is 3.21. The highest BCUT2D eigenvalue weighted by Crippen LogP contribution is 2.42. The van der Waals surface area contributed by atoms with Crippen molar-refractivity contribution < 1.29 is 4.79 Å². The summed E-state index contributed by atoms with van der Waals surface area (Å²) in [6.45, 7) is 5.70. The third kappa shape index (κ3) is 3.33. The lowest BCUT2D eigenvalue weighted by atomic mass is 9.95. The van der Waals surface area contributed by atoms with Gasteiger partial charge in [0.15, 0.2) is 0 Å². The maximum absolute atomic E-state index is 12.6. The number of rotatable bonds is 4. The summed E-state index contributed by atoms with van der Waals surface area (Å²) in [7, 11) is 2.11. The third-order valence-corrected chi connectivity index (χ3v) is 5.07. The average Bonchev–Trinajstić information content (AvgIpc) is 3.27. The number of nitrogens with zero attached hydrogens (tertiary/aromatic N) is 2. The van der Waals surface area contributed by atoms with Gasteiger partial charge in [0.1, 0.15) is 0 Å². The monoisotopic (exact) mass is 301 g/mol. The largest absolute Gasteiger partial charge is 0.340 e. The second kappa shape index (κ2) is 6.01. The fourth-order valence-corrected chi connectivity index (χ4v) is 3.21. The highest BCUT2D eigenvalue weighted by Gasteiger charge is 2.39. The molecule has 1 aliphatic carbocycles. The third-order valence-electron chi connectivity index (χ3n) is 5.07. The van der Waals surface area contributed by atoms with E-state index in [4.69, 9.17) is 5.73 Å². The number of hydrogen-bond donors (Lipinski definition) is 1. The van der Waals surface area contributed by atoms with Gasteiger partial charge in [-0.3, -0.25) is 4.79 Å².